The molecule has 1 N–H and O–H groups in total. The monoisotopic (exact) mass is 351 g/mol. The molecule has 0 spiro atoms. The second-order valence-electron chi connectivity index (χ2n) is 5.08. The van der Waals surface area contributed by atoms with Crippen LogP contribution in [0, 0.1) is 0 Å². The standard InChI is InChI=1S/C17H9ClF3NO2/c18-9-5-7-10(8-6-9)22-14-13(17(19,20)21)15(23)11-3-1-2-4-12(11)16(14)24/h1-8,22H. The van der Waals surface area contributed by atoms with E-state index in [0.717, 1.165) is 0 Å². The van der Waals surface area contributed by atoms with E-state index in [4.69, 9.17) is 11.6 Å². The van der Waals surface area contributed by atoms with Crippen LogP contribution in [0.2, 0.25) is 5.02 Å². The number of hydrogen-bond donors (Lipinski definition) is 1. The van der Waals surface area contributed by atoms with Gasteiger partial charge in [0.1, 0.15) is 11.3 Å². The van der Waals surface area contributed by atoms with Crippen molar-refractivity contribution >= 4 is 28.9 Å². The Kier molecular flexibility index (Phi) is 3.93. The van der Waals surface area contributed by atoms with Gasteiger partial charge in [-0.15, -0.1) is 0 Å². The minimum Gasteiger partial charge on any atom is -0.352 e. The second-order valence-corrected chi connectivity index (χ2v) is 5.52. The first kappa shape index (κ1) is 16.3. The number of allylic oxidation sites excluding steroid dienone is 2. The summed E-state index contributed by atoms with van der Waals surface area (Å²) in [6.45, 7) is 0. The van der Waals surface area contributed by atoms with Gasteiger partial charge in [-0.3, -0.25) is 9.59 Å². The lowest BCUT2D eigenvalue weighted by molar-refractivity contribution is -0.0895. The molecule has 1 aliphatic carbocycles. The Morgan fingerprint density at radius 3 is 1.92 bits per heavy atom. The van der Waals surface area contributed by atoms with Crippen molar-refractivity contribution in [3.05, 3.63) is 76.0 Å². The molecule has 0 heterocycles. The second kappa shape index (κ2) is 5.79. The molecule has 1 aliphatic rings. The summed E-state index contributed by atoms with van der Waals surface area (Å²) in [7, 11) is 0. The Morgan fingerprint density at radius 2 is 1.38 bits per heavy atom. The third kappa shape index (κ3) is 2.80. The zero-order valence-corrected chi connectivity index (χ0v) is 12.7. The number of carbonyl (C=O) groups is 2. The number of rotatable bonds is 2. The summed E-state index contributed by atoms with van der Waals surface area (Å²) in [5, 5.41) is 2.81. The van der Waals surface area contributed by atoms with Gasteiger partial charge in [-0.25, -0.2) is 0 Å². The Labute approximate surface area is 139 Å². The number of nitrogens with one attached hydrogen (secondary N) is 1. The van der Waals surface area contributed by atoms with Crippen molar-refractivity contribution in [1.82, 2.24) is 0 Å². The minimum absolute atomic E-state index is 0.0630. The van der Waals surface area contributed by atoms with E-state index >= 15 is 0 Å². The smallest absolute Gasteiger partial charge is 0.352 e. The van der Waals surface area contributed by atoms with E-state index in [1.54, 1.807) is 0 Å². The summed E-state index contributed by atoms with van der Waals surface area (Å²) in [4.78, 5) is 24.8. The Morgan fingerprint density at radius 1 is 0.833 bits per heavy atom. The lowest BCUT2D eigenvalue weighted by Crippen LogP contribution is -2.33. The van der Waals surface area contributed by atoms with E-state index < -0.39 is 29.0 Å². The van der Waals surface area contributed by atoms with Crippen molar-refractivity contribution in [3.63, 3.8) is 0 Å². The molecule has 0 fully saturated rings. The molecular formula is C17H9ClF3NO2. The largest absolute Gasteiger partial charge is 0.422 e. The molecule has 122 valence electrons. The van der Waals surface area contributed by atoms with E-state index in [0.29, 0.717) is 5.02 Å². The highest BCUT2D eigenvalue weighted by Gasteiger charge is 2.47. The molecule has 3 nitrogen and oxygen atoms in total. The Balaban J connectivity index is 2.16. The first-order chi connectivity index (χ1) is 11.3. The maximum Gasteiger partial charge on any atom is 0.422 e. The molecule has 0 radical (unpaired) electrons. The van der Waals surface area contributed by atoms with Gasteiger partial charge in [-0.05, 0) is 24.3 Å². The van der Waals surface area contributed by atoms with E-state index in [2.05, 4.69) is 5.32 Å². The van der Waals surface area contributed by atoms with Crippen LogP contribution in [0.15, 0.2) is 59.8 Å². The first-order valence-corrected chi connectivity index (χ1v) is 7.19. The minimum atomic E-state index is -4.96. The van der Waals surface area contributed by atoms with E-state index in [9.17, 15) is 22.8 Å². The lowest BCUT2D eigenvalue weighted by atomic mass is 9.86. The average Bonchev–Trinajstić information content (AvgIpc) is 2.53. The van der Waals surface area contributed by atoms with Crippen LogP contribution < -0.4 is 5.32 Å². The molecule has 3 rings (SSSR count). The molecule has 0 atom stereocenters. The Bertz CT molecular complexity index is 870. The lowest BCUT2D eigenvalue weighted by Gasteiger charge is -2.23. The van der Waals surface area contributed by atoms with Crippen LogP contribution >= 0.6 is 11.6 Å². The van der Waals surface area contributed by atoms with Crippen molar-refractivity contribution in [3.8, 4) is 0 Å². The molecule has 0 amide bonds. The molecule has 2 aromatic rings. The first-order valence-electron chi connectivity index (χ1n) is 6.81. The number of hydrogen-bond acceptors (Lipinski definition) is 3. The van der Waals surface area contributed by atoms with Gasteiger partial charge in [0.05, 0.1) is 0 Å². The van der Waals surface area contributed by atoms with E-state index in [-0.39, 0.29) is 16.8 Å². The molecule has 0 saturated carbocycles. The number of anilines is 1. The number of Topliss-reactive ketones (excluding diaryl/α,β-unsaturated/α-hetero) is 2. The zero-order valence-electron chi connectivity index (χ0n) is 11.9. The molecule has 24 heavy (non-hydrogen) atoms. The highest BCUT2D eigenvalue weighted by Crippen LogP contribution is 2.37. The third-order valence-electron chi connectivity index (χ3n) is 3.52. The third-order valence-corrected chi connectivity index (χ3v) is 3.77. The Hall–Kier alpha value is -2.60. The van der Waals surface area contributed by atoms with Crippen molar-refractivity contribution in [1.29, 1.82) is 0 Å². The van der Waals surface area contributed by atoms with Gasteiger partial charge in [0.25, 0.3) is 0 Å². The van der Waals surface area contributed by atoms with Crippen LogP contribution in [0.5, 0.6) is 0 Å². The fraction of sp³-hybridized carbons (Fsp3) is 0.0588. The normalized spacial score (nSPS) is 14.7. The maximum absolute atomic E-state index is 13.4. The number of alkyl halides is 3. The molecule has 2 aromatic carbocycles. The molecule has 0 aromatic heterocycles. The van der Waals surface area contributed by atoms with Gasteiger partial charge in [-0.1, -0.05) is 35.9 Å². The van der Waals surface area contributed by atoms with Gasteiger partial charge in [-0.2, -0.15) is 13.2 Å². The van der Waals surface area contributed by atoms with Crippen LogP contribution in [0.4, 0.5) is 18.9 Å². The SMILES string of the molecule is O=C1C(Nc2ccc(Cl)cc2)=C(C(F)(F)F)C(=O)c2ccccc21. The summed E-state index contributed by atoms with van der Waals surface area (Å²) in [6, 6.07) is 11.2. The van der Waals surface area contributed by atoms with E-state index in [1.165, 1.54) is 48.5 Å². The molecule has 0 bridgehead atoms. The number of carbonyl (C=O) groups excluding carboxylic acids is 2. The summed E-state index contributed by atoms with van der Waals surface area (Å²) in [5.74, 6) is -2.11. The van der Waals surface area contributed by atoms with Crippen molar-refractivity contribution in [2.45, 2.75) is 6.18 Å². The van der Waals surface area contributed by atoms with Gasteiger partial charge >= 0.3 is 6.18 Å². The summed E-state index contributed by atoms with van der Waals surface area (Å²) >= 11 is 5.73. The fourth-order valence-electron chi connectivity index (χ4n) is 2.44. The molecule has 0 unspecified atom stereocenters. The van der Waals surface area contributed by atoms with Gasteiger partial charge < -0.3 is 5.32 Å². The number of benzene rings is 2. The number of halogens is 4. The predicted molar refractivity (Wildman–Crippen MR) is 83.3 cm³/mol. The van der Waals surface area contributed by atoms with Crippen LogP contribution in [0.3, 0.4) is 0 Å². The van der Waals surface area contributed by atoms with Crippen molar-refractivity contribution in [2.24, 2.45) is 0 Å². The zero-order chi connectivity index (χ0) is 17.5. The summed E-state index contributed by atoms with van der Waals surface area (Å²) < 4.78 is 40.2. The number of ketones is 2. The molecular weight excluding hydrogens is 343 g/mol. The van der Waals surface area contributed by atoms with Gasteiger partial charge in [0, 0.05) is 21.8 Å². The summed E-state index contributed by atoms with van der Waals surface area (Å²) in [5.41, 5.74) is -2.38. The van der Waals surface area contributed by atoms with Crippen molar-refractivity contribution < 1.29 is 22.8 Å². The predicted octanol–water partition coefficient (Wildman–Crippen LogP) is 4.65. The molecule has 7 heteroatoms. The van der Waals surface area contributed by atoms with Crippen LogP contribution in [-0.2, 0) is 0 Å². The van der Waals surface area contributed by atoms with Gasteiger partial charge in [0.2, 0.25) is 11.6 Å². The highest BCUT2D eigenvalue weighted by atomic mass is 35.5. The van der Waals surface area contributed by atoms with Crippen LogP contribution in [0.1, 0.15) is 20.7 Å². The quantitative estimate of drug-likeness (QED) is 0.856. The molecule has 0 aliphatic heterocycles. The summed E-state index contributed by atoms with van der Waals surface area (Å²) in [6.07, 6.45) is -4.96. The van der Waals surface area contributed by atoms with Crippen LogP contribution in [-0.4, -0.2) is 17.7 Å². The van der Waals surface area contributed by atoms with E-state index in [1.807, 2.05) is 0 Å². The highest BCUT2D eigenvalue weighted by molar-refractivity contribution is 6.30. The fourth-order valence-corrected chi connectivity index (χ4v) is 2.57. The topological polar surface area (TPSA) is 46.2 Å². The van der Waals surface area contributed by atoms with Crippen LogP contribution in [0.25, 0.3) is 0 Å². The number of fused-ring (bicyclic) bond motifs is 1. The van der Waals surface area contributed by atoms with Crippen molar-refractivity contribution in [2.75, 3.05) is 5.32 Å². The average molecular weight is 352 g/mol. The molecule has 0 saturated heterocycles. The van der Waals surface area contributed by atoms with Gasteiger partial charge in [0.15, 0.2) is 0 Å². The maximum atomic E-state index is 13.4.